The second-order valence-corrected chi connectivity index (χ2v) is 6.84. The molecule has 0 spiro atoms. The Morgan fingerprint density at radius 2 is 2.12 bits per heavy atom. The molecule has 1 aliphatic heterocycles. The number of carbonyl (C=O) groups is 2. The van der Waals surface area contributed by atoms with Gasteiger partial charge in [0.25, 0.3) is 0 Å². The largest absolute Gasteiger partial charge is 0.481 e. The highest BCUT2D eigenvalue weighted by molar-refractivity contribution is 7.13. The molecule has 1 amide bonds. The average molecular weight is 345 g/mol. The van der Waals surface area contributed by atoms with Crippen LogP contribution in [0.4, 0.5) is 0 Å². The Kier molecular flexibility index (Phi) is 5.20. The smallest absolute Gasteiger partial charge is 0.303 e. The van der Waals surface area contributed by atoms with Gasteiger partial charge in [0.1, 0.15) is 5.01 Å². The Balaban J connectivity index is 1.54. The van der Waals surface area contributed by atoms with Gasteiger partial charge >= 0.3 is 5.97 Å². The number of rotatable bonds is 5. The zero-order valence-corrected chi connectivity index (χ0v) is 14.0. The maximum atomic E-state index is 12.4. The van der Waals surface area contributed by atoms with Crippen molar-refractivity contribution >= 4 is 23.2 Å². The van der Waals surface area contributed by atoms with Gasteiger partial charge < -0.3 is 10.0 Å². The van der Waals surface area contributed by atoms with Gasteiger partial charge in [0.2, 0.25) is 5.91 Å². The van der Waals surface area contributed by atoms with Crippen molar-refractivity contribution in [2.45, 2.75) is 25.7 Å². The molecule has 0 aromatic carbocycles. The summed E-state index contributed by atoms with van der Waals surface area (Å²) in [6.45, 7) is 1.27. The van der Waals surface area contributed by atoms with Crippen molar-refractivity contribution in [1.82, 2.24) is 14.9 Å². The molecule has 0 unspecified atom stereocenters. The molecule has 0 bridgehead atoms. The SMILES string of the molecule is O=C(O)CC1CCN(C(=O)Cc2csc(-c3cccnc3)n2)CC1. The van der Waals surface area contributed by atoms with Gasteiger partial charge in [-0.25, -0.2) is 4.98 Å². The Bertz CT molecular complexity index is 709. The van der Waals surface area contributed by atoms with Crippen LogP contribution < -0.4 is 0 Å². The fourth-order valence-electron chi connectivity index (χ4n) is 2.91. The van der Waals surface area contributed by atoms with Crippen LogP contribution in [0.3, 0.4) is 0 Å². The lowest BCUT2D eigenvalue weighted by atomic mass is 9.93. The van der Waals surface area contributed by atoms with E-state index in [0.717, 1.165) is 29.1 Å². The number of carbonyl (C=O) groups excluding carboxylic acids is 1. The van der Waals surface area contributed by atoms with Gasteiger partial charge in [0.05, 0.1) is 12.1 Å². The van der Waals surface area contributed by atoms with E-state index in [4.69, 9.17) is 5.11 Å². The van der Waals surface area contributed by atoms with Crippen LogP contribution in [0.2, 0.25) is 0 Å². The molecular weight excluding hydrogens is 326 g/mol. The van der Waals surface area contributed by atoms with Gasteiger partial charge in [0.15, 0.2) is 0 Å². The second kappa shape index (κ2) is 7.53. The summed E-state index contributed by atoms with van der Waals surface area (Å²) in [6, 6.07) is 3.81. The van der Waals surface area contributed by atoms with Crippen molar-refractivity contribution in [3.8, 4) is 10.6 Å². The third-order valence-electron chi connectivity index (χ3n) is 4.22. The lowest BCUT2D eigenvalue weighted by Crippen LogP contribution is -2.39. The van der Waals surface area contributed by atoms with E-state index in [9.17, 15) is 9.59 Å². The number of aromatic nitrogens is 2. The van der Waals surface area contributed by atoms with Crippen molar-refractivity contribution in [2.75, 3.05) is 13.1 Å². The van der Waals surface area contributed by atoms with Crippen LogP contribution in [0.25, 0.3) is 10.6 Å². The monoisotopic (exact) mass is 345 g/mol. The average Bonchev–Trinajstić information content (AvgIpc) is 3.04. The van der Waals surface area contributed by atoms with E-state index in [1.807, 2.05) is 22.4 Å². The number of likely N-dealkylation sites (tertiary alicyclic amines) is 1. The summed E-state index contributed by atoms with van der Waals surface area (Å²) in [4.78, 5) is 33.6. The van der Waals surface area contributed by atoms with Crippen molar-refractivity contribution in [1.29, 1.82) is 0 Å². The van der Waals surface area contributed by atoms with Gasteiger partial charge in [-0.1, -0.05) is 0 Å². The van der Waals surface area contributed by atoms with Crippen LogP contribution in [0, 0.1) is 5.92 Å². The van der Waals surface area contributed by atoms with Gasteiger partial charge in [-0.3, -0.25) is 14.6 Å². The van der Waals surface area contributed by atoms with E-state index in [1.54, 1.807) is 12.4 Å². The van der Waals surface area contributed by atoms with Gasteiger partial charge in [-0.2, -0.15) is 0 Å². The van der Waals surface area contributed by atoms with Crippen molar-refractivity contribution < 1.29 is 14.7 Å². The molecule has 2 aromatic rings. The molecule has 0 atom stereocenters. The van der Waals surface area contributed by atoms with E-state index in [2.05, 4.69) is 9.97 Å². The van der Waals surface area contributed by atoms with Crippen LogP contribution in [0.1, 0.15) is 25.0 Å². The molecule has 0 aliphatic carbocycles. The fourth-order valence-corrected chi connectivity index (χ4v) is 3.72. The Labute approximate surface area is 144 Å². The van der Waals surface area contributed by atoms with Crippen molar-refractivity contribution in [3.05, 3.63) is 35.6 Å². The van der Waals surface area contributed by atoms with Crippen LogP contribution in [-0.4, -0.2) is 44.9 Å². The molecule has 3 heterocycles. The number of amides is 1. The summed E-state index contributed by atoms with van der Waals surface area (Å²) in [5.74, 6) is -0.514. The minimum atomic E-state index is -0.759. The minimum absolute atomic E-state index is 0.0619. The van der Waals surface area contributed by atoms with Crippen LogP contribution >= 0.6 is 11.3 Å². The fraction of sp³-hybridized carbons (Fsp3) is 0.412. The van der Waals surface area contributed by atoms with E-state index >= 15 is 0 Å². The molecule has 126 valence electrons. The number of carboxylic acids is 1. The molecule has 24 heavy (non-hydrogen) atoms. The summed E-state index contributed by atoms with van der Waals surface area (Å²) >= 11 is 1.51. The van der Waals surface area contributed by atoms with Gasteiger partial charge in [-0.15, -0.1) is 11.3 Å². The number of carboxylic acid groups (broad SMARTS) is 1. The first-order valence-corrected chi connectivity index (χ1v) is 8.84. The van der Waals surface area contributed by atoms with Crippen molar-refractivity contribution in [2.24, 2.45) is 5.92 Å². The molecule has 6 nitrogen and oxygen atoms in total. The van der Waals surface area contributed by atoms with E-state index < -0.39 is 5.97 Å². The maximum absolute atomic E-state index is 12.4. The quantitative estimate of drug-likeness (QED) is 0.900. The first kappa shape index (κ1) is 16.6. The lowest BCUT2D eigenvalue weighted by molar-refractivity contribution is -0.138. The van der Waals surface area contributed by atoms with Crippen LogP contribution in [0.5, 0.6) is 0 Å². The normalized spacial score (nSPS) is 15.4. The Hall–Kier alpha value is -2.28. The maximum Gasteiger partial charge on any atom is 0.303 e. The van der Waals surface area contributed by atoms with Crippen molar-refractivity contribution in [3.63, 3.8) is 0 Å². The van der Waals surface area contributed by atoms with Gasteiger partial charge in [0, 0.05) is 42.8 Å². The Morgan fingerprint density at radius 3 is 2.79 bits per heavy atom. The summed E-state index contributed by atoms with van der Waals surface area (Å²) in [7, 11) is 0. The Morgan fingerprint density at radius 1 is 1.33 bits per heavy atom. The van der Waals surface area contributed by atoms with E-state index in [-0.39, 0.29) is 18.2 Å². The molecule has 1 N–H and O–H groups in total. The summed E-state index contributed by atoms with van der Waals surface area (Å²) in [5, 5.41) is 11.6. The molecule has 7 heteroatoms. The van der Waals surface area contributed by atoms with E-state index in [0.29, 0.717) is 19.5 Å². The third-order valence-corrected chi connectivity index (χ3v) is 5.16. The molecule has 0 saturated carbocycles. The molecular formula is C17H19N3O3S. The summed E-state index contributed by atoms with van der Waals surface area (Å²) in [6.07, 6.45) is 5.49. The number of piperidine rings is 1. The van der Waals surface area contributed by atoms with Crippen LogP contribution in [0.15, 0.2) is 29.9 Å². The molecule has 3 rings (SSSR count). The number of aliphatic carboxylic acids is 1. The number of hydrogen-bond donors (Lipinski definition) is 1. The molecule has 1 fully saturated rings. The number of pyridine rings is 1. The first-order chi connectivity index (χ1) is 11.6. The number of nitrogens with zero attached hydrogens (tertiary/aromatic N) is 3. The highest BCUT2D eigenvalue weighted by Crippen LogP contribution is 2.24. The second-order valence-electron chi connectivity index (χ2n) is 5.98. The first-order valence-electron chi connectivity index (χ1n) is 7.96. The highest BCUT2D eigenvalue weighted by Gasteiger charge is 2.24. The molecule has 1 aliphatic rings. The predicted octanol–water partition coefficient (Wildman–Crippen LogP) is 2.46. The lowest BCUT2D eigenvalue weighted by Gasteiger charge is -2.31. The number of thiazole rings is 1. The zero-order chi connectivity index (χ0) is 16.9. The summed E-state index contributed by atoms with van der Waals surface area (Å²) in [5.41, 5.74) is 1.73. The number of hydrogen-bond acceptors (Lipinski definition) is 5. The molecule has 0 radical (unpaired) electrons. The standard InChI is InChI=1S/C17H19N3O3S/c21-15(20-6-3-12(4-7-20)8-16(22)23)9-14-11-24-17(19-14)13-2-1-5-18-10-13/h1-2,5,10-12H,3-4,6-9H2,(H,22,23). The van der Waals surface area contributed by atoms with E-state index in [1.165, 1.54) is 11.3 Å². The topological polar surface area (TPSA) is 83.4 Å². The molecule has 1 saturated heterocycles. The summed E-state index contributed by atoms with van der Waals surface area (Å²) < 4.78 is 0. The molecule has 2 aromatic heterocycles. The third kappa shape index (κ3) is 4.17. The van der Waals surface area contributed by atoms with Gasteiger partial charge in [-0.05, 0) is 30.9 Å². The minimum Gasteiger partial charge on any atom is -0.481 e. The predicted molar refractivity (Wildman–Crippen MR) is 90.6 cm³/mol. The van der Waals surface area contributed by atoms with Crippen LogP contribution in [-0.2, 0) is 16.0 Å². The zero-order valence-electron chi connectivity index (χ0n) is 13.2. The highest BCUT2D eigenvalue weighted by atomic mass is 32.1.